The molecule has 1 unspecified atom stereocenters. The van der Waals surface area contributed by atoms with Crippen molar-refractivity contribution < 1.29 is 14.3 Å². The molecule has 1 saturated heterocycles. The second-order valence-electron chi connectivity index (χ2n) is 5.97. The smallest absolute Gasteiger partial charge is 0.255 e. The minimum atomic E-state index is -0.537. The van der Waals surface area contributed by atoms with Crippen LogP contribution in [0, 0.1) is 5.92 Å². The fourth-order valence-corrected chi connectivity index (χ4v) is 2.65. The number of carbonyl (C=O) groups excluding carboxylic acids is 2. The van der Waals surface area contributed by atoms with E-state index in [1.807, 2.05) is 18.7 Å². The summed E-state index contributed by atoms with van der Waals surface area (Å²) < 4.78 is 5.22. The summed E-state index contributed by atoms with van der Waals surface area (Å²) in [6.07, 6.45) is 0. The number of nitrogens with one attached hydrogen (secondary N) is 2. The van der Waals surface area contributed by atoms with Crippen molar-refractivity contribution in [2.24, 2.45) is 5.92 Å². The van der Waals surface area contributed by atoms with Crippen LogP contribution < -0.4 is 15.4 Å². The molecule has 24 heavy (non-hydrogen) atoms. The summed E-state index contributed by atoms with van der Waals surface area (Å²) in [7, 11) is 1.53. The molecule has 1 fully saturated rings. The van der Waals surface area contributed by atoms with Gasteiger partial charge in [0.15, 0.2) is 0 Å². The summed E-state index contributed by atoms with van der Waals surface area (Å²) in [6, 6.07) is 6.48. The highest BCUT2D eigenvalue weighted by Gasteiger charge is 2.30. The fourth-order valence-electron chi connectivity index (χ4n) is 2.65. The number of methoxy groups -OCH3 is 1. The SMILES string of the molecule is COc1ccccc1C(=O)NC(C(=O)N1CCNCC1)C(C)C.Cl. The van der Waals surface area contributed by atoms with Gasteiger partial charge >= 0.3 is 0 Å². The zero-order chi connectivity index (χ0) is 16.8. The Hall–Kier alpha value is -1.79. The number of piperazine rings is 1. The molecule has 134 valence electrons. The zero-order valence-corrected chi connectivity index (χ0v) is 15.2. The molecule has 0 bridgehead atoms. The molecular weight excluding hydrogens is 330 g/mol. The third-order valence-corrected chi connectivity index (χ3v) is 4.00. The molecule has 1 aliphatic heterocycles. The largest absolute Gasteiger partial charge is 0.496 e. The van der Waals surface area contributed by atoms with E-state index >= 15 is 0 Å². The Morgan fingerprint density at radius 3 is 2.42 bits per heavy atom. The second-order valence-corrected chi connectivity index (χ2v) is 5.97. The lowest BCUT2D eigenvalue weighted by Gasteiger charge is -2.32. The Morgan fingerprint density at radius 2 is 1.83 bits per heavy atom. The number of hydrogen-bond acceptors (Lipinski definition) is 4. The van der Waals surface area contributed by atoms with Crippen LogP contribution in [-0.2, 0) is 4.79 Å². The van der Waals surface area contributed by atoms with Crippen molar-refractivity contribution in [2.45, 2.75) is 19.9 Å². The number of rotatable bonds is 5. The topological polar surface area (TPSA) is 70.7 Å². The van der Waals surface area contributed by atoms with Gasteiger partial charge in [-0.3, -0.25) is 9.59 Å². The molecule has 7 heteroatoms. The maximum atomic E-state index is 12.7. The molecule has 0 spiro atoms. The van der Waals surface area contributed by atoms with Gasteiger partial charge < -0.3 is 20.3 Å². The third-order valence-electron chi connectivity index (χ3n) is 4.00. The van der Waals surface area contributed by atoms with Gasteiger partial charge in [-0.25, -0.2) is 0 Å². The maximum Gasteiger partial charge on any atom is 0.255 e. The first kappa shape index (κ1) is 20.3. The van der Waals surface area contributed by atoms with Crippen LogP contribution >= 0.6 is 12.4 Å². The van der Waals surface area contributed by atoms with E-state index in [2.05, 4.69) is 10.6 Å². The number of amides is 2. The van der Waals surface area contributed by atoms with Crippen molar-refractivity contribution >= 4 is 24.2 Å². The number of carbonyl (C=O) groups is 2. The van der Waals surface area contributed by atoms with E-state index in [1.165, 1.54) is 7.11 Å². The number of hydrogen-bond donors (Lipinski definition) is 2. The molecular formula is C17H26ClN3O3. The standard InChI is InChI=1S/C17H25N3O3.ClH/c1-12(2)15(17(22)20-10-8-18-9-11-20)19-16(21)13-6-4-5-7-14(13)23-3;/h4-7,12,15,18H,8-11H2,1-3H3,(H,19,21);1H. The Balaban J connectivity index is 0.00000288. The van der Waals surface area contributed by atoms with Gasteiger partial charge in [0.1, 0.15) is 11.8 Å². The van der Waals surface area contributed by atoms with Crippen molar-refractivity contribution in [3.8, 4) is 5.75 Å². The summed E-state index contributed by atoms with van der Waals surface area (Å²) in [4.78, 5) is 27.1. The molecule has 2 rings (SSSR count). The van der Waals surface area contributed by atoms with Gasteiger partial charge in [0.05, 0.1) is 12.7 Å². The highest BCUT2D eigenvalue weighted by molar-refractivity contribution is 5.99. The van der Waals surface area contributed by atoms with Crippen LogP contribution in [0.3, 0.4) is 0 Å². The number of para-hydroxylation sites is 1. The Labute approximate surface area is 149 Å². The summed E-state index contributed by atoms with van der Waals surface area (Å²) in [6.45, 7) is 6.80. The molecule has 1 aromatic carbocycles. The Kier molecular flexibility index (Phi) is 8.01. The van der Waals surface area contributed by atoms with Gasteiger partial charge in [-0.1, -0.05) is 26.0 Å². The van der Waals surface area contributed by atoms with E-state index in [9.17, 15) is 9.59 Å². The van der Waals surface area contributed by atoms with E-state index in [0.717, 1.165) is 13.1 Å². The molecule has 1 aromatic rings. The van der Waals surface area contributed by atoms with Crippen molar-refractivity contribution in [2.75, 3.05) is 33.3 Å². The zero-order valence-electron chi connectivity index (χ0n) is 14.4. The summed E-state index contributed by atoms with van der Waals surface area (Å²) >= 11 is 0. The lowest BCUT2D eigenvalue weighted by molar-refractivity contribution is -0.134. The number of benzene rings is 1. The van der Waals surface area contributed by atoms with Crippen LogP contribution in [-0.4, -0.2) is 56.0 Å². The van der Waals surface area contributed by atoms with E-state index in [1.54, 1.807) is 24.3 Å². The van der Waals surface area contributed by atoms with Crippen LogP contribution in [0.25, 0.3) is 0 Å². The molecule has 0 saturated carbocycles. The minimum absolute atomic E-state index is 0. The minimum Gasteiger partial charge on any atom is -0.496 e. The van der Waals surface area contributed by atoms with Crippen molar-refractivity contribution in [1.29, 1.82) is 0 Å². The van der Waals surface area contributed by atoms with Gasteiger partial charge in [0, 0.05) is 26.2 Å². The van der Waals surface area contributed by atoms with Crippen LogP contribution in [0.2, 0.25) is 0 Å². The molecule has 1 aliphatic rings. The highest BCUT2D eigenvalue weighted by atomic mass is 35.5. The lowest BCUT2D eigenvalue weighted by Crippen LogP contribution is -2.55. The van der Waals surface area contributed by atoms with Gasteiger partial charge in [-0.05, 0) is 18.1 Å². The second kappa shape index (κ2) is 9.49. The van der Waals surface area contributed by atoms with Crippen LogP contribution in [0.5, 0.6) is 5.75 Å². The van der Waals surface area contributed by atoms with Crippen molar-refractivity contribution in [3.05, 3.63) is 29.8 Å². The molecule has 1 heterocycles. The number of nitrogens with zero attached hydrogens (tertiary/aromatic N) is 1. The van der Waals surface area contributed by atoms with E-state index in [0.29, 0.717) is 24.4 Å². The van der Waals surface area contributed by atoms with Crippen molar-refractivity contribution in [3.63, 3.8) is 0 Å². The average molecular weight is 356 g/mol. The average Bonchev–Trinajstić information content (AvgIpc) is 2.59. The first-order valence-corrected chi connectivity index (χ1v) is 7.98. The van der Waals surface area contributed by atoms with Gasteiger partial charge in [0.25, 0.3) is 5.91 Å². The van der Waals surface area contributed by atoms with Crippen LogP contribution in [0.1, 0.15) is 24.2 Å². The van der Waals surface area contributed by atoms with E-state index in [4.69, 9.17) is 4.74 Å². The van der Waals surface area contributed by atoms with Crippen molar-refractivity contribution in [1.82, 2.24) is 15.5 Å². The van der Waals surface area contributed by atoms with Gasteiger partial charge in [-0.15, -0.1) is 12.4 Å². The lowest BCUT2D eigenvalue weighted by atomic mass is 10.0. The maximum absolute atomic E-state index is 12.7. The molecule has 2 N–H and O–H groups in total. The number of ether oxygens (including phenoxy) is 1. The fraction of sp³-hybridized carbons (Fsp3) is 0.529. The highest BCUT2D eigenvalue weighted by Crippen LogP contribution is 2.18. The molecule has 0 aromatic heterocycles. The van der Waals surface area contributed by atoms with E-state index in [-0.39, 0.29) is 30.1 Å². The molecule has 0 aliphatic carbocycles. The molecule has 0 radical (unpaired) electrons. The molecule has 6 nitrogen and oxygen atoms in total. The predicted molar refractivity (Wildman–Crippen MR) is 95.8 cm³/mol. The predicted octanol–water partition coefficient (Wildman–Crippen LogP) is 1.30. The normalized spacial score (nSPS) is 15.4. The first-order chi connectivity index (χ1) is 11.0. The quantitative estimate of drug-likeness (QED) is 0.835. The third kappa shape index (κ3) is 4.85. The Morgan fingerprint density at radius 1 is 1.21 bits per heavy atom. The molecule has 1 atom stereocenters. The summed E-state index contributed by atoms with van der Waals surface area (Å²) in [5, 5.41) is 6.10. The van der Waals surface area contributed by atoms with Gasteiger partial charge in [-0.2, -0.15) is 0 Å². The van der Waals surface area contributed by atoms with Crippen LogP contribution in [0.15, 0.2) is 24.3 Å². The monoisotopic (exact) mass is 355 g/mol. The summed E-state index contributed by atoms with van der Waals surface area (Å²) in [5.74, 6) is 0.201. The van der Waals surface area contributed by atoms with E-state index < -0.39 is 6.04 Å². The number of halogens is 1. The Bertz CT molecular complexity index is 560. The first-order valence-electron chi connectivity index (χ1n) is 7.98. The van der Waals surface area contributed by atoms with Gasteiger partial charge in [0.2, 0.25) is 5.91 Å². The summed E-state index contributed by atoms with van der Waals surface area (Å²) in [5.41, 5.74) is 0.439. The van der Waals surface area contributed by atoms with Crippen LogP contribution in [0.4, 0.5) is 0 Å². The molecule has 2 amide bonds.